The molecule has 1 amide bonds. The van der Waals surface area contributed by atoms with Crippen molar-refractivity contribution in [2.75, 3.05) is 5.32 Å². The van der Waals surface area contributed by atoms with Gasteiger partial charge in [0.05, 0.1) is 6.20 Å². The first kappa shape index (κ1) is 17.6. The van der Waals surface area contributed by atoms with E-state index in [4.69, 9.17) is 20.8 Å². The second-order valence-corrected chi connectivity index (χ2v) is 5.66. The molecule has 0 aliphatic heterocycles. The third-order valence-electron chi connectivity index (χ3n) is 3.24. The molecule has 26 heavy (non-hydrogen) atoms. The highest BCUT2D eigenvalue weighted by atomic mass is 35.5. The number of nitrogens with zero attached hydrogens (tertiary/aromatic N) is 4. The van der Waals surface area contributed by atoms with Crippen LogP contribution in [0.4, 0.5) is 10.6 Å². The molecule has 3 rings (SSSR count). The van der Waals surface area contributed by atoms with Gasteiger partial charge in [-0.2, -0.15) is 9.90 Å². The quantitative estimate of drug-likeness (QED) is 0.659. The molecule has 0 spiro atoms. The summed E-state index contributed by atoms with van der Waals surface area (Å²) in [5.41, 5.74) is 1.18. The molecule has 0 saturated carbocycles. The van der Waals surface area contributed by atoms with E-state index in [2.05, 4.69) is 20.5 Å². The number of rotatable bonds is 6. The second-order valence-electron chi connectivity index (χ2n) is 5.25. The first-order valence-corrected chi connectivity index (χ1v) is 7.91. The van der Waals surface area contributed by atoms with Crippen LogP contribution in [0.25, 0.3) is 0 Å². The normalized spacial score (nSPS) is 10.5. The van der Waals surface area contributed by atoms with Crippen LogP contribution in [0.3, 0.4) is 0 Å². The molecule has 0 radical (unpaired) electrons. The van der Waals surface area contributed by atoms with Gasteiger partial charge in [0, 0.05) is 17.5 Å². The Labute approximate surface area is 152 Å². The summed E-state index contributed by atoms with van der Waals surface area (Å²) < 4.78 is 10.1. The number of amides is 1. The van der Waals surface area contributed by atoms with E-state index in [1.165, 1.54) is 24.2 Å². The van der Waals surface area contributed by atoms with E-state index >= 15 is 0 Å². The summed E-state index contributed by atoms with van der Waals surface area (Å²) in [7, 11) is 0. The summed E-state index contributed by atoms with van der Waals surface area (Å²) in [4.78, 5) is 28.3. The lowest BCUT2D eigenvalue weighted by atomic mass is 10.2. The molecule has 134 valence electrons. The van der Waals surface area contributed by atoms with Gasteiger partial charge in [-0.25, -0.2) is 9.78 Å². The van der Waals surface area contributed by atoms with Gasteiger partial charge in [0.25, 0.3) is 5.89 Å². The third kappa shape index (κ3) is 4.45. The van der Waals surface area contributed by atoms with Crippen LogP contribution >= 0.6 is 11.6 Å². The summed E-state index contributed by atoms with van der Waals surface area (Å²) in [5.74, 6) is -0.0357. The Kier molecular flexibility index (Phi) is 5.28. The minimum atomic E-state index is -0.683. The maximum absolute atomic E-state index is 11.8. The van der Waals surface area contributed by atoms with Crippen molar-refractivity contribution in [3.8, 4) is 0 Å². The first-order chi connectivity index (χ1) is 12.5. The lowest BCUT2D eigenvalue weighted by Crippen LogP contribution is -2.14. The molecule has 0 atom stereocenters. The molecule has 0 bridgehead atoms. The maximum Gasteiger partial charge on any atom is 0.413 e. The van der Waals surface area contributed by atoms with Gasteiger partial charge in [-0.15, -0.1) is 5.10 Å². The number of Topliss-reactive ketones (excluding diaryl/α,β-unsaturated/α-hetero) is 1. The molecule has 3 aromatic rings. The number of nitrogens with one attached hydrogen (secondary N) is 1. The highest BCUT2D eigenvalue weighted by Crippen LogP contribution is 2.16. The van der Waals surface area contributed by atoms with E-state index < -0.39 is 6.09 Å². The average Bonchev–Trinajstić information content (AvgIpc) is 3.24. The zero-order valence-electron chi connectivity index (χ0n) is 13.7. The van der Waals surface area contributed by atoms with E-state index in [-0.39, 0.29) is 30.6 Å². The summed E-state index contributed by atoms with van der Waals surface area (Å²) in [5, 5.41) is 11.1. The van der Waals surface area contributed by atoms with E-state index in [0.717, 1.165) is 0 Å². The average molecular weight is 376 g/mol. The lowest BCUT2D eigenvalue weighted by Gasteiger charge is -2.06. The number of hydrogen-bond donors (Lipinski definition) is 1. The predicted molar refractivity (Wildman–Crippen MR) is 90.9 cm³/mol. The van der Waals surface area contributed by atoms with Crippen LogP contribution < -0.4 is 5.32 Å². The van der Waals surface area contributed by atoms with Crippen molar-refractivity contribution in [3.05, 3.63) is 58.9 Å². The number of carbonyl (C=O) groups excluding carboxylic acids is 2. The topological polar surface area (TPSA) is 112 Å². The van der Waals surface area contributed by atoms with Crippen molar-refractivity contribution in [1.82, 2.24) is 20.0 Å². The van der Waals surface area contributed by atoms with Gasteiger partial charge < -0.3 is 9.15 Å². The van der Waals surface area contributed by atoms with Crippen LogP contribution in [0.2, 0.25) is 5.02 Å². The molecule has 0 aliphatic carbocycles. The van der Waals surface area contributed by atoms with Crippen molar-refractivity contribution < 1.29 is 18.7 Å². The number of halogens is 1. The molecular weight excluding hydrogens is 362 g/mol. The summed E-state index contributed by atoms with van der Waals surface area (Å²) >= 11 is 6.00. The summed E-state index contributed by atoms with van der Waals surface area (Å²) in [6.45, 7) is 1.58. The van der Waals surface area contributed by atoms with Crippen LogP contribution in [0.5, 0.6) is 0 Å². The van der Waals surface area contributed by atoms with Gasteiger partial charge in [0.15, 0.2) is 5.82 Å². The van der Waals surface area contributed by atoms with Crippen LogP contribution in [0.15, 0.2) is 41.1 Å². The van der Waals surface area contributed by atoms with Crippen LogP contribution in [0.1, 0.15) is 28.9 Å². The second kappa shape index (κ2) is 7.79. The highest BCUT2D eigenvalue weighted by Gasteiger charge is 2.11. The first-order valence-electron chi connectivity index (χ1n) is 7.54. The molecule has 1 N–H and O–H groups in total. The van der Waals surface area contributed by atoms with Crippen molar-refractivity contribution in [2.24, 2.45) is 0 Å². The molecule has 0 saturated heterocycles. The third-order valence-corrected chi connectivity index (χ3v) is 3.61. The maximum atomic E-state index is 11.8. The number of benzene rings is 1. The smallest absolute Gasteiger partial charge is 0.413 e. The van der Waals surface area contributed by atoms with Gasteiger partial charge in [0.1, 0.15) is 25.1 Å². The standard InChI is InChI=1S/C16H14ClN5O4/c1-10(23)15-19-12(9-25-15)7-22-18-6-14(21-22)20-16(24)26-8-11-4-2-3-5-13(11)17/h2-6,9H,7-8H2,1H3,(H,20,21,24). The van der Waals surface area contributed by atoms with Crippen molar-refractivity contribution in [2.45, 2.75) is 20.1 Å². The zero-order valence-corrected chi connectivity index (χ0v) is 14.4. The minimum absolute atomic E-state index is 0.0219. The molecule has 10 heteroatoms. The number of ether oxygens (including phenoxy) is 1. The number of oxazole rings is 1. The highest BCUT2D eigenvalue weighted by molar-refractivity contribution is 6.31. The number of ketones is 1. The fourth-order valence-corrected chi connectivity index (χ4v) is 2.21. The summed E-state index contributed by atoms with van der Waals surface area (Å²) in [6, 6.07) is 7.07. The Morgan fingerprint density at radius 2 is 2.15 bits per heavy atom. The Morgan fingerprint density at radius 3 is 2.88 bits per heavy atom. The van der Waals surface area contributed by atoms with Crippen LogP contribution in [-0.4, -0.2) is 31.9 Å². The van der Waals surface area contributed by atoms with Crippen molar-refractivity contribution >= 4 is 29.3 Å². The molecule has 1 aromatic carbocycles. The van der Waals surface area contributed by atoms with Crippen molar-refractivity contribution in [3.63, 3.8) is 0 Å². The molecule has 2 aromatic heterocycles. The van der Waals surface area contributed by atoms with Crippen molar-refractivity contribution in [1.29, 1.82) is 0 Å². The van der Waals surface area contributed by atoms with Gasteiger partial charge >= 0.3 is 6.09 Å². The Balaban J connectivity index is 1.53. The van der Waals surface area contributed by atoms with Gasteiger partial charge in [-0.3, -0.25) is 10.1 Å². The molecule has 2 heterocycles. The van der Waals surface area contributed by atoms with Crippen LogP contribution in [0, 0.1) is 0 Å². The minimum Gasteiger partial charge on any atom is -0.444 e. The fraction of sp³-hybridized carbons (Fsp3) is 0.188. The molecular formula is C16H14ClN5O4. The largest absolute Gasteiger partial charge is 0.444 e. The Bertz CT molecular complexity index is 936. The van der Waals surface area contributed by atoms with E-state index in [1.54, 1.807) is 24.3 Å². The molecule has 0 unspecified atom stereocenters. The zero-order chi connectivity index (χ0) is 18.5. The molecule has 0 fully saturated rings. The predicted octanol–water partition coefficient (Wildman–Crippen LogP) is 2.92. The lowest BCUT2D eigenvalue weighted by molar-refractivity contribution is 0.0980. The van der Waals surface area contributed by atoms with Gasteiger partial charge in [-0.1, -0.05) is 29.8 Å². The Morgan fingerprint density at radius 1 is 1.35 bits per heavy atom. The molecule has 0 aliphatic rings. The van der Waals surface area contributed by atoms with E-state index in [0.29, 0.717) is 16.3 Å². The number of carbonyl (C=O) groups is 2. The van der Waals surface area contributed by atoms with E-state index in [1.807, 2.05) is 0 Å². The number of hydrogen-bond acceptors (Lipinski definition) is 7. The molecule has 9 nitrogen and oxygen atoms in total. The Hall–Kier alpha value is -3.20. The monoisotopic (exact) mass is 375 g/mol. The summed E-state index contributed by atoms with van der Waals surface area (Å²) in [6.07, 6.45) is 2.03. The van der Waals surface area contributed by atoms with Crippen LogP contribution in [-0.2, 0) is 17.9 Å². The van der Waals surface area contributed by atoms with E-state index in [9.17, 15) is 9.59 Å². The number of aromatic nitrogens is 4. The van der Waals surface area contributed by atoms with Gasteiger partial charge in [0.2, 0.25) is 5.78 Å². The van der Waals surface area contributed by atoms with Gasteiger partial charge in [-0.05, 0) is 6.07 Å². The fourth-order valence-electron chi connectivity index (χ4n) is 2.02. The number of anilines is 1. The SMILES string of the molecule is CC(=O)c1nc(Cn2ncc(NC(=O)OCc3ccccc3Cl)n2)co1.